The quantitative estimate of drug-likeness (QED) is 0.496. The second kappa shape index (κ2) is 7.83. The Morgan fingerprint density at radius 1 is 1.43 bits per heavy atom. The monoisotopic (exact) mass is 258 g/mol. The van der Waals surface area contributed by atoms with Crippen LogP contribution in [0.1, 0.15) is 26.7 Å². The van der Waals surface area contributed by atoms with E-state index >= 15 is 0 Å². The van der Waals surface area contributed by atoms with Crippen molar-refractivity contribution in [2.75, 3.05) is 23.1 Å². The number of sulfone groups is 1. The van der Waals surface area contributed by atoms with Crippen LogP contribution in [0.2, 0.25) is 0 Å². The summed E-state index contributed by atoms with van der Waals surface area (Å²) in [6.45, 7) is 3.82. The van der Waals surface area contributed by atoms with E-state index in [1.54, 1.807) is 18.7 Å². The molecule has 0 spiro atoms. The van der Waals surface area contributed by atoms with Crippen molar-refractivity contribution in [2.45, 2.75) is 31.9 Å². The van der Waals surface area contributed by atoms with Crippen LogP contribution >= 0.6 is 23.4 Å². The molecule has 2 nitrogen and oxygen atoms in total. The topological polar surface area (TPSA) is 34.1 Å². The van der Waals surface area contributed by atoms with E-state index in [2.05, 4.69) is 6.92 Å². The molecular weight excluding hydrogens is 240 g/mol. The molecule has 0 amide bonds. The van der Waals surface area contributed by atoms with Gasteiger partial charge in [0.05, 0.1) is 5.75 Å². The zero-order valence-electron chi connectivity index (χ0n) is 8.83. The number of hydrogen-bond acceptors (Lipinski definition) is 3. The molecule has 0 aromatic heterocycles. The van der Waals surface area contributed by atoms with Gasteiger partial charge >= 0.3 is 0 Å². The fourth-order valence-corrected chi connectivity index (χ4v) is 3.45. The number of thioether (sulfide) groups is 1. The molecule has 14 heavy (non-hydrogen) atoms. The predicted molar refractivity (Wildman–Crippen MR) is 66.2 cm³/mol. The third-order valence-corrected chi connectivity index (χ3v) is 5.30. The normalized spacial score (nSPS) is 14.2. The van der Waals surface area contributed by atoms with Crippen LogP contribution in [-0.2, 0) is 9.84 Å². The van der Waals surface area contributed by atoms with Crippen LogP contribution in [0.25, 0.3) is 0 Å². The Hall–Kier alpha value is 0.590. The molecule has 0 N–H and O–H groups in total. The van der Waals surface area contributed by atoms with Crippen molar-refractivity contribution in [3.8, 4) is 0 Å². The summed E-state index contributed by atoms with van der Waals surface area (Å²) in [7, 11) is -2.77. The maximum atomic E-state index is 11.1. The zero-order chi connectivity index (χ0) is 11.0. The van der Waals surface area contributed by atoms with Crippen LogP contribution in [0.5, 0.6) is 0 Å². The summed E-state index contributed by atoms with van der Waals surface area (Å²) in [5.41, 5.74) is 0. The number of halogens is 1. The first-order valence-corrected chi connectivity index (χ1v) is 8.30. The lowest BCUT2D eigenvalue weighted by molar-refractivity contribution is 0.596. The predicted octanol–water partition coefficient (Wildman–Crippen LogP) is 2.56. The van der Waals surface area contributed by atoms with E-state index in [1.807, 2.05) is 0 Å². The van der Waals surface area contributed by atoms with Crippen molar-refractivity contribution in [1.29, 1.82) is 0 Å². The van der Waals surface area contributed by atoms with E-state index in [0.717, 1.165) is 18.6 Å². The van der Waals surface area contributed by atoms with Crippen molar-refractivity contribution < 1.29 is 8.42 Å². The summed E-state index contributed by atoms with van der Waals surface area (Å²) in [4.78, 5) is 0. The second-order valence-electron chi connectivity index (χ2n) is 3.25. The van der Waals surface area contributed by atoms with E-state index < -0.39 is 9.84 Å². The van der Waals surface area contributed by atoms with Crippen LogP contribution in [0.3, 0.4) is 0 Å². The average Bonchev–Trinajstić information content (AvgIpc) is 2.13. The molecule has 0 heterocycles. The standard InChI is InChI=1S/C9H19ClO2S2/c1-3-14(11,12)8-4-7-13-9(2)5-6-10/h9H,3-8H2,1-2H3. The Morgan fingerprint density at radius 3 is 2.57 bits per heavy atom. The van der Waals surface area contributed by atoms with Crippen LogP contribution in [0.15, 0.2) is 0 Å². The summed E-state index contributed by atoms with van der Waals surface area (Å²) in [6, 6.07) is 0. The van der Waals surface area contributed by atoms with E-state index in [0.29, 0.717) is 16.9 Å². The first-order chi connectivity index (χ1) is 6.52. The lowest BCUT2D eigenvalue weighted by Crippen LogP contribution is -2.10. The van der Waals surface area contributed by atoms with E-state index in [9.17, 15) is 8.42 Å². The maximum absolute atomic E-state index is 11.1. The lowest BCUT2D eigenvalue weighted by Gasteiger charge is -2.08. The third kappa shape index (κ3) is 7.94. The minimum Gasteiger partial charge on any atom is -0.229 e. The molecule has 0 bridgehead atoms. The van der Waals surface area contributed by atoms with Crippen molar-refractivity contribution in [2.24, 2.45) is 0 Å². The molecular formula is C9H19ClO2S2. The Balaban J connectivity index is 3.47. The fraction of sp³-hybridized carbons (Fsp3) is 1.00. The second-order valence-corrected chi connectivity index (χ2v) is 7.65. The highest BCUT2D eigenvalue weighted by Gasteiger charge is 2.07. The van der Waals surface area contributed by atoms with Gasteiger partial charge in [-0.25, -0.2) is 8.42 Å². The molecule has 0 aliphatic heterocycles. The third-order valence-electron chi connectivity index (χ3n) is 1.96. The number of hydrogen-bond donors (Lipinski definition) is 0. The van der Waals surface area contributed by atoms with Gasteiger partial charge in [-0.2, -0.15) is 11.8 Å². The molecule has 5 heteroatoms. The Bertz CT molecular complexity index is 227. The van der Waals surface area contributed by atoms with E-state index in [4.69, 9.17) is 11.6 Å². The van der Waals surface area contributed by atoms with E-state index in [1.165, 1.54) is 0 Å². The molecule has 0 aliphatic rings. The van der Waals surface area contributed by atoms with Crippen LogP contribution < -0.4 is 0 Å². The van der Waals surface area contributed by atoms with Gasteiger partial charge in [-0.1, -0.05) is 13.8 Å². The molecule has 0 aromatic carbocycles. The highest BCUT2D eigenvalue weighted by atomic mass is 35.5. The number of rotatable bonds is 8. The smallest absolute Gasteiger partial charge is 0.150 e. The van der Waals surface area contributed by atoms with Crippen molar-refractivity contribution in [3.63, 3.8) is 0 Å². The molecule has 1 unspecified atom stereocenters. The highest BCUT2D eigenvalue weighted by Crippen LogP contribution is 2.15. The first-order valence-electron chi connectivity index (χ1n) is 4.90. The summed E-state index contributed by atoms with van der Waals surface area (Å²) in [5.74, 6) is 2.18. The Morgan fingerprint density at radius 2 is 2.07 bits per heavy atom. The minimum absolute atomic E-state index is 0.259. The van der Waals surface area contributed by atoms with Crippen molar-refractivity contribution in [3.05, 3.63) is 0 Å². The average molecular weight is 259 g/mol. The van der Waals surface area contributed by atoms with E-state index in [-0.39, 0.29) is 5.75 Å². The maximum Gasteiger partial charge on any atom is 0.150 e. The van der Waals surface area contributed by atoms with Gasteiger partial charge in [0.2, 0.25) is 0 Å². The number of alkyl halides is 1. The molecule has 0 aromatic rings. The van der Waals surface area contributed by atoms with Gasteiger partial charge in [0.25, 0.3) is 0 Å². The molecule has 0 aliphatic carbocycles. The molecule has 0 saturated carbocycles. The van der Waals surface area contributed by atoms with Crippen molar-refractivity contribution >= 4 is 33.2 Å². The molecule has 0 rings (SSSR count). The summed E-state index contributed by atoms with van der Waals surface area (Å²) >= 11 is 7.40. The molecule has 0 radical (unpaired) electrons. The zero-order valence-corrected chi connectivity index (χ0v) is 11.2. The molecule has 0 fully saturated rings. The van der Waals surface area contributed by atoms with Gasteiger partial charge in [0.1, 0.15) is 9.84 Å². The SMILES string of the molecule is CCS(=O)(=O)CCCSC(C)CCCl. The van der Waals surface area contributed by atoms with Gasteiger partial charge < -0.3 is 0 Å². The summed E-state index contributed by atoms with van der Waals surface area (Å²) < 4.78 is 22.3. The summed E-state index contributed by atoms with van der Waals surface area (Å²) in [6.07, 6.45) is 1.75. The summed E-state index contributed by atoms with van der Waals surface area (Å²) in [5, 5.41) is 0.539. The first kappa shape index (κ1) is 14.6. The van der Waals surface area contributed by atoms with Gasteiger partial charge in [0, 0.05) is 16.9 Å². The molecule has 86 valence electrons. The Labute approximate surface area is 96.7 Å². The van der Waals surface area contributed by atoms with Crippen LogP contribution in [0.4, 0.5) is 0 Å². The fourth-order valence-electron chi connectivity index (χ4n) is 0.945. The van der Waals surface area contributed by atoms with Gasteiger partial charge in [-0.15, -0.1) is 11.6 Å². The molecule has 1 atom stereocenters. The minimum atomic E-state index is -2.77. The highest BCUT2D eigenvalue weighted by molar-refractivity contribution is 7.99. The van der Waals surface area contributed by atoms with Gasteiger partial charge in [-0.05, 0) is 18.6 Å². The molecule has 0 saturated heterocycles. The lowest BCUT2D eigenvalue weighted by atomic mass is 10.4. The van der Waals surface area contributed by atoms with Crippen LogP contribution in [-0.4, -0.2) is 36.8 Å². The van der Waals surface area contributed by atoms with Crippen LogP contribution in [0, 0.1) is 0 Å². The largest absolute Gasteiger partial charge is 0.229 e. The van der Waals surface area contributed by atoms with Crippen molar-refractivity contribution in [1.82, 2.24) is 0 Å². The van der Waals surface area contributed by atoms with Gasteiger partial charge in [-0.3, -0.25) is 0 Å². The van der Waals surface area contributed by atoms with Gasteiger partial charge in [0.15, 0.2) is 0 Å². The Kier molecular flexibility index (Phi) is 8.16.